The van der Waals surface area contributed by atoms with E-state index in [0.717, 1.165) is 27.6 Å². The molecule has 0 amide bonds. The van der Waals surface area contributed by atoms with Crippen molar-refractivity contribution in [3.8, 4) is 23.0 Å². The van der Waals surface area contributed by atoms with Gasteiger partial charge < -0.3 is 18.9 Å². The molecule has 198 valence electrons. The number of rotatable bonds is 10. The fourth-order valence-electron chi connectivity index (χ4n) is 4.15. The first-order valence-corrected chi connectivity index (χ1v) is 13.3. The van der Waals surface area contributed by atoms with E-state index in [2.05, 4.69) is 61.0 Å². The van der Waals surface area contributed by atoms with Gasteiger partial charge in [-0.3, -0.25) is 4.79 Å². The summed E-state index contributed by atoms with van der Waals surface area (Å²) in [6.45, 7) is 13.1. The van der Waals surface area contributed by atoms with Crippen molar-refractivity contribution in [2.45, 2.75) is 60.0 Å². The second-order valence-corrected chi connectivity index (χ2v) is 10.9. The Morgan fingerprint density at radius 3 is 2.08 bits per heavy atom. The van der Waals surface area contributed by atoms with Crippen LogP contribution in [0.3, 0.4) is 0 Å². The molecule has 5 nitrogen and oxygen atoms in total. The minimum atomic E-state index is -0.199. The predicted octanol–water partition coefficient (Wildman–Crippen LogP) is 7.98. The third-order valence-corrected chi connectivity index (χ3v) is 7.17. The summed E-state index contributed by atoms with van der Waals surface area (Å²) in [6.07, 6.45) is 0.798. The van der Waals surface area contributed by atoms with Crippen LogP contribution in [0, 0.1) is 13.8 Å². The largest absolute Gasteiger partial charge is 0.496 e. The number of ketones is 1. The molecule has 3 aromatic carbocycles. The summed E-state index contributed by atoms with van der Waals surface area (Å²) < 4.78 is 24.6. The molecule has 0 aliphatic carbocycles. The van der Waals surface area contributed by atoms with E-state index >= 15 is 0 Å². The maximum absolute atomic E-state index is 14.2. The molecule has 0 unspecified atom stereocenters. The van der Waals surface area contributed by atoms with Gasteiger partial charge >= 0.3 is 0 Å². The molecular formula is C31H37BrO5. The third kappa shape index (κ3) is 6.30. The van der Waals surface area contributed by atoms with Gasteiger partial charge in [-0.05, 0) is 66.1 Å². The molecule has 37 heavy (non-hydrogen) atoms. The average molecular weight is 570 g/mol. The van der Waals surface area contributed by atoms with Crippen LogP contribution in [-0.4, -0.2) is 26.6 Å². The SMILES string of the molecule is CCCOc1c(OC)cc(C)c(C(=O)c2c(OC)ccc(Br)c2C)c1OCc1ccc(C(C)(C)C)cc1. The van der Waals surface area contributed by atoms with Crippen LogP contribution in [0.1, 0.15) is 72.3 Å². The summed E-state index contributed by atoms with van der Waals surface area (Å²) in [5, 5.41) is 0. The minimum Gasteiger partial charge on any atom is -0.496 e. The first-order chi connectivity index (χ1) is 17.5. The van der Waals surface area contributed by atoms with Gasteiger partial charge in [-0.2, -0.15) is 0 Å². The zero-order chi connectivity index (χ0) is 27.3. The molecule has 3 rings (SSSR count). The summed E-state index contributed by atoms with van der Waals surface area (Å²) in [4.78, 5) is 14.2. The quantitative estimate of drug-likeness (QED) is 0.232. The molecule has 3 aromatic rings. The second-order valence-electron chi connectivity index (χ2n) is 10.1. The highest BCUT2D eigenvalue weighted by molar-refractivity contribution is 9.10. The summed E-state index contributed by atoms with van der Waals surface area (Å²) in [5.41, 5.74) is 4.72. The zero-order valence-electron chi connectivity index (χ0n) is 23.1. The molecular weight excluding hydrogens is 532 g/mol. The highest BCUT2D eigenvalue weighted by atomic mass is 79.9. The molecule has 0 aromatic heterocycles. The van der Waals surface area contributed by atoms with E-state index < -0.39 is 0 Å². The maximum atomic E-state index is 14.2. The van der Waals surface area contributed by atoms with Gasteiger partial charge in [-0.25, -0.2) is 0 Å². The normalized spacial score (nSPS) is 11.3. The van der Waals surface area contributed by atoms with Crippen molar-refractivity contribution in [2.24, 2.45) is 0 Å². The van der Waals surface area contributed by atoms with Gasteiger partial charge in [0.2, 0.25) is 11.5 Å². The van der Waals surface area contributed by atoms with Gasteiger partial charge in [0.05, 0.1) is 32.0 Å². The fourth-order valence-corrected chi connectivity index (χ4v) is 4.48. The topological polar surface area (TPSA) is 54.0 Å². The molecule has 0 fully saturated rings. The molecule has 0 spiro atoms. The Hall–Kier alpha value is -2.99. The van der Waals surface area contributed by atoms with Gasteiger partial charge in [-0.1, -0.05) is 67.9 Å². The van der Waals surface area contributed by atoms with E-state index in [4.69, 9.17) is 18.9 Å². The molecule has 0 aliphatic rings. The lowest BCUT2D eigenvalue weighted by molar-refractivity contribution is 0.102. The number of hydrogen-bond donors (Lipinski definition) is 0. The Kier molecular flexibility index (Phi) is 9.30. The maximum Gasteiger partial charge on any atom is 0.204 e. The van der Waals surface area contributed by atoms with Gasteiger partial charge in [0, 0.05) is 4.47 Å². The number of benzene rings is 3. The zero-order valence-corrected chi connectivity index (χ0v) is 24.7. The summed E-state index contributed by atoms with van der Waals surface area (Å²) >= 11 is 3.56. The summed E-state index contributed by atoms with van der Waals surface area (Å²) in [5.74, 6) is 1.63. The number of methoxy groups -OCH3 is 2. The highest BCUT2D eigenvalue weighted by Crippen LogP contribution is 2.45. The number of carbonyl (C=O) groups is 1. The van der Waals surface area contributed by atoms with Crippen molar-refractivity contribution < 1.29 is 23.7 Å². The van der Waals surface area contributed by atoms with E-state index in [1.807, 2.05) is 32.9 Å². The van der Waals surface area contributed by atoms with Crippen LogP contribution in [0.25, 0.3) is 0 Å². The highest BCUT2D eigenvalue weighted by Gasteiger charge is 2.29. The van der Waals surface area contributed by atoms with Crippen molar-refractivity contribution >= 4 is 21.7 Å². The van der Waals surface area contributed by atoms with E-state index in [1.54, 1.807) is 20.3 Å². The Morgan fingerprint density at radius 1 is 0.865 bits per heavy atom. The lowest BCUT2D eigenvalue weighted by Gasteiger charge is -2.22. The Labute approximate surface area is 229 Å². The predicted molar refractivity (Wildman–Crippen MR) is 152 cm³/mol. The average Bonchev–Trinajstić information content (AvgIpc) is 2.87. The Balaban J connectivity index is 2.15. The van der Waals surface area contributed by atoms with Gasteiger partial charge in [0.25, 0.3) is 0 Å². The van der Waals surface area contributed by atoms with Crippen molar-refractivity contribution in [1.82, 2.24) is 0 Å². The van der Waals surface area contributed by atoms with Crippen molar-refractivity contribution in [1.29, 1.82) is 0 Å². The van der Waals surface area contributed by atoms with Crippen LogP contribution < -0.4 is 18.9 Å². The lowest BCUT2D eigenvalue weighted by atomic mass is 9.87. The molecule has 0 aliphatic heterocycles. The molecule has 0 N–H and O–H groups in total. The van der Waals surface area contributed by atoms with Gasteiger partial charge in [0.15, 0.2) is 11.5 Å². The molecule has 0 saturated heterocycles. The number of aryl methyl sites for hydroxylation is 1. The van der Waals surface area contributed by atoms with Crippen LogP contribution in [0.5, 0.6) is 23.0 Å². The first-order valence-electron chi connectivity index (χ1n) is 12.5. The lowest BCUT2D eigenvalue weighted by Crippen LogP contribution is -2.14. The van der Waals surface area contributed by atoms with Gasteiger partial charge in [-0.15, -0.1) is 0 Å². The molecule has 0 radical (unpaired) electrons. The molecule has 6 heteroatoms. The third-order valence-electron chi connectivity index (χ3n) is 6.31. The standard InChI is InChI=1S/C31H37BrO5/c1-9-16-36-29-25(35-8)17-19(2)26(28(33)27-20(3)23(32)14-15-24(27)34-7)30(29)37-18-21-10-12-22(13-11-21)31(4,5)6/h10-15,17H,9,16,18H2,1-8H3. The Bertz CT molecular complexity index is 1260. The molecule has 0 bridgehead atoms. The van der Waals surface area contributed by atoms with E-state index in [-0.39, 0.29) is 17.8 Å². The minimum absolute atomic E-state index is 0.0604. The number of ether oxygens (including phenoxy) is 4. The smallest absolute Gasteiger partial charge is 0.204 e. The summed E-state index contributed by atoms with van der Waals surface area (Å²) in [6, 6.07) is 13.8. The van der Waals surface area contributed by atoms with E-state index in [0.29, 0.717) is 40.7 Å². The van der Waals surface area contributed by atoms with Crippen LogP contribution in [0.2, 0.25) is 0 Å². The summed E-state index contributed by atoms with van der Waals surface area (Å²) in [7, 11) is 3.15. The van der Waals surface area contributed by atoms with Gasteiger partial charge in [0.1, 0.15) is 12.4 Å². The molecule has 0 saturated carbocycles. The van der Waals surface area contributed by atoms with Crippen molar-refractivity contribution in [3.05, 3.63) is 80.3 Å². The first kappa shape index (κ1) is 28.6. The van der Waals surface area contributed by atoms with E-state index in [1.165, 1.54) is 5.56 Å². The molecule has 0 heterocycles. The molecule has 0 atom stereocenters. The monoisotopic (exact) mass is 568 g/mol. The van der Waals surface area contributed by atoms with Crippen molar-refractivity contribution in [2.75, 3.05) is 20.8 Å². The second kappa shape index (κ2) is 12.0. The fraction of sp³-hybridized carbons (Fsp3) is 0.387. The van der Waals surface area contributed by atoms with Crippen LogP contribution in [-0.2, 0) is 12.0 Å². The number of halogens is 1. The van der Waals surface area contributed by atoms with E-state index in [9.17, 15) is 4.79 Å². The number of carbonyl (C=O) groups excluding carboxylic acids is 1. The Morgan fingerprint density at radius 2 is 1.51 bits per heavy atom. The van der Waals surface area contributed by atoms with Crippen LogP contribution in [0.15, 0.2) is 46.9 Å². The number of hydrogen-bond acceptors (Lipinski definition) is 5. The van der Waals surface area contributed by atoms with Crippen LogP contribution >= 0.6 is 15.9 Å². The van der Waals surface area contributed by atoms with Crippen molar-refractivity contribution in [3.63, 3.8) is 0 Å². The van der Waals surface area contributed by atoms with Crippen LogP contribution in [0.4, 0.5) is 0 Å².